The Hall–Kier alpha value is -3.10. The van der Waals surface area contributed by atoms with Gasteiger partial charge in [-0.3, -0.25) is 9.69 Å². The highest BCUT2D eigenvalue weighted by Gasteiger charge is 2.29. The fraction of sp³-hybridized carbons (Fsp3) is 0.423. The lowest BCUT2D eigenvalue weighted by atomic mass is 10.1. The molecule has 3 aromatic rings. The average Bonchev–Trinajstić information content (AvgIpc) is 3.37. The summed E-state index contributed by atoms with van der Waals surface area (Å²) < 4.78 is 16.8. The van der Waals surface area contributed by atoms with E-state index in [2.05, 4.69) is 28.9 Å². The summed E-state index contributed by atoms with van der Waals surface area (Å²) >= 11 is 6.45. The number of carbonyl (C=O) groups is 1. The Morgan fingerprint density at radius 2 is 1.83 bits per heavy atom. The largest absolute Gasteiger partial charge is 0.493 e. The molecule has 2 aromatic carbocycles. The molecule has 1 saturated heterocycles. The number of ether oxygens (including phenoxy) is 2. The fourth-order valence-corrected chi connectivity index (χ4v) is 4.26. The van der Waals surface area contributed by atoms with E-state index in [1.807, 2.05) is 42.2 Å². The number of halogens is 1. The van der Waals surface area contributed by atoms with Crippen molar-refractivity contribution < 1.29 is 18.8 Å². The van der Waals surface area contributed by atoms with Crippen LogP contribution in [0.4, 0.5) is 0 Å². The van der Waals surface area contributed by atoms with Crippen molar-refractivity contribution >= 4 is 17.5 Å². The summed E-state index contributed by atoms with van der Waals surface area (Å²) in [5.74, 6) is 2.32. The number of piperazine rings is 1. The lowest BCUT2D eigenvalue weighted by molar-refractivity contribution is 0.0551. The number of hydrogen-bond donors (Lipinski definition) is 0. The van der Waals surface area contributed by atoms with Gasteiger partial charge in [0.15, 0.2) is 11.5 Å². The maximum absolute atomic E-state index is 13.2. The van der Waals surface area contributed by atoms with E-state index in [0.29, 0.717) is 72.5 Å². The zero-order valence-corrected chi connectivity index (χ0v) is 21.3. The average molecular weight is 499 g/mol. The highest BCUT2D eigenvalue weighted by atomic mass is 35.5. The summed E-state index contributed by atoms with van der Waals surface area (Å²) in [6, 6.07) is 13.0. The highest BCUT2D eigenvalue weighted by Crippen LogP contribution is 2.37. The second-order valence-electron chi connectivity index (χ2n) is 9.02. The molecular weight excluding hydrogens is 468 g/mol. The molecule has 9 heteroatoms. The summed E-state index contributed by atoms with van der Waals surface area (Å²) in [6.07, 6.45) is 0. The predicted molar refractivity (Wildman–Crippen MR) is 134 cm³/mol. The lowest BCUT2D eigenvalue weighted by Gasteiger charge is -2.36. The minimum Gasteiger partial charge on any atom is -0.493 e. The molecule has 1 amide bonds. The summed E-state index contributed by atoms with van der Waals surface area (Å²) in [5.41, 5.74) is 1.40. The van der Waals surface area contributed by atoms with Gasteiger partial charge in [0.25, 0.3) is 5.91 Å². The second kappa shape index (κ2) is 11.1. The van der Waals surface area contributed by atoms with E-state index in [0.717, 1.165) is 5.56 Å². The molecule has 0 saturated carbocycles. The molecule has 0 bridgehead atoms. The Kier molecular flexibility index (Phi) is 7.93. The van der Waals surface area contributed by atoms with Gasteiger partial charge >= 0.3 is 0 Å². The first-order valence-corrected chi connectivity index (χ1v) is 12.2. The Morgan fingerprint density at radius 3 is 2.49 bits per heavy atom. The number of methoxy groups -OCH3 is 1. The van der Waals surface area contributed by atoms with E-state index in [9.17, 15) is 4.79 Å². The molecule has 1 fully saturated rings. The van der Waals surface area contributed by atoms with Gasteiger partial charge in [-0.2, -0.15) is 4.98 Å². The Balaban J connectivity index is 1.39. The number of nitrogens with zero attached hydrogens (tertiary/aromatic N) is 4. The number of carbonyl (C=O) groups excluding carboxylic acids is 1. The van der Waals surface area contributed by atoms with Crippen LogP contribution in [0.15, 0.2) is 47.0 Å². The molecular formula is C26H31ClN4O4. The van der Waals surface area contributed by atoms with Crippen molar-refractivity contribution in [3.63, 3.8) is 0 Å². The van der Waals surface area contributed by atoms with Gasteiger partial charge in [-0.15, -0.1) is 0 Å². The summed E-state index contributed by atoms with van der Waals surface area (Å²) in [7, 11) is 1.54. The van der Waals surface area contributed by atoms with Gasteiger partial charge in [0.05, 0.1) is 24.8 Å². The van der Waals surface area contributed by atoms with Crippen LogP contribution in [0.25, 0.3) is 11.4 Å². The van der Waals surface area contributed by atoms with Crippen molar-refractivity contribution in [2.75, 3.05) is 39.9 Å². The van der Waals surface area contributed by atoms with Crippen LogP contribution in [-0.4, -0.2) is 65.7 Å². The Labute approximate surface area is 210 Å². The third-order valence-electron chi connectivity index (χ3n) is 6.02. The van der Waals surface area contributed by atoms with Crippen molar-refractivity contribution in [3.05, 3.63) is 58.9 Å². The fourth-order valence-electron chi connectivity index (χ4n) is 3.99. The summed E-state index contributed by atoms with van der Waals surface area (Å²) in [5, 5.41) is 4.49. The topological polar surface area (TPSA) is 80.9 Å². The van der Waals surface area contributed by atoms with Gasteiger partial charge in [0, 0.05) is 37.3 Å². The maximum atomic E-state index is 13.2. The predicted octanol–water partition coefficient (Wildman–Crippen LogP) is 4.95. The SMILES string of the molecule is COc1cc(C(=O)N2CCN(C(C)c3nc(-c4ccccc4)no3)CC2)cc(Cl)c1OCC(C)C. The number of aromatic nitrogens is 2. The van der Waals surface area contributed by atoms with Gasteiger partial charge in [0.2, 0.25) is 11.7 Å². The van der Waals surface area contributed by atoms with Gasteiger partial charge < -0.3 is 18.9 Å². The van der Waals surface area contributed by atoms with E-state index in [1.165, 1.54) is 0 Å². The number of benzene rings is 2. The van der Waals surface area contributed by atoms with Crippen LogP contribution >= 0.6 is 11.6 Å². The molecule has 1 aromatic heterocycles. The van der Waals surface area contributed by atoms with Crippen LogP contribution in [0.3, 0.4) is 0 Å². The van der Waals surface area contributed by atoms with Gasteiger partial charge in [-0.25, -0.2) is 0 Å². The van der Waals surface area contributed by atoms with Crippen LogP contribution in [0.5, 0.6) is 11.5 Å². The number of hydrogen-bond acceptors (Lipinski definition) is 7. The van der Waals surface area contributed by atoms with E-state index < -0.39 is 0 Å². The van der Waals surface area contributed by atoms with E-state index in [4.69, 9.17) is 25.6 Å². The maximum Gasteiger partial charge on any atom is 0.254 e. The molecule has 1 aliphatic heterocycles. The zero-order valence-electron chi connectivity index (χ0n) is 20.5. The Morgan fingerprint density at radius 1 is 1.11 bits per heavy atom. The highest BCUT2D eigenvalue weighted by molar-refractivity contribution is 6.32. The molecule has 1 atom stereocenters. The van der Waals surface area contributed by atoms with Crippen LogP contribution in [0.1, 0.15) is 43.1 Å². The monoisotopic (exact) mass is 498 g/mol. The second-order valence-corrected chi connectivity index (χ2v) is 9.43. The first-order valence-electron chi connectivity index (χ1n) is 11.8. The minimum atomic E-state index is -0.0860. The summed E-state index contributed by atoms with van der Waals surface area (Å²) in [6.45, 7) is 9.20. The zero-order chi connectivity index (χ0) is 24.9. The molecule has 0 aliphatic carbocycles. The quantitative estimate of drug-likeness (QED) is 0.434. The minimum absolute atomic E-state index is 0.0517. The lowest BCUT2D eigenvalue weighted by Crippen LogP contribution is -2.49. The molecule has 186 valence electrons. The third kappa shape index (κ3) is 5.77. The van der Waals surface area contributed by atoms with Crippen LogP contribution < -0.4 is 9.47 Å². The molecule has 1 aliphatic rings. The third-order valence-corrected chi connectivity index (χ3v) is 6.30. The summed E-state index contributed by atoms with van der Waals surface area (Å²) in [4.78, 5) is 21.9. The normalized spacial score (nSPS) is 15.3. The standard InChI is InChI=1S/C26H31ClN4O4/c1-17(2)16-34-23-21(27)14-20(15-22(23)33-4)26(32)31-12-10-30(11-13-31)18(3)25-28-24(29-35-25)19-8-6-5-7-9-19/h5-9,14-15,17-18H,10-13,16H2,1-4H3. The van der Waals surface area contributed by atoms with Crippen molar-refractivity contribution in [2.24, 2.45) is 5.92 Å². The molecule has 0 radical (unpaired) electrons. The molecule has 35 heavy (non-hydrogen) atoms. The molecule has 2 heterocycles. The molecule has 4 rings (SSSR count). The van der Waals surface area contributed by atoms with Crippen LogP contribution in [-0.2, 0) is 0 Å². The smallest absolute Gasteiger partial charge is 0.254 e. The Bertz CT molecular complexity index is 1140. The van der Waals surface area contributed by atoms with Crippen molar-refractivity contribution in [1.82, 2.24) is 19.9 Å². The molecule has 8 nitrogen and oxygen atoms in total. The number of amides is 1. The van der Waals surface area contributed by atoms with Crippen molar-refractivity contribution in [2.45, 2.75) is 26.8 Å². The van der Waals surface area contributed by atoms with Crippen LogP contribution in [0.2, 0.25) is 5.02 Å². The van der Waals surface area contributed by atoms with Gasteiger partial charge in [-0.1, -0.05) is 60.9 Å². The molecule has 0 N–H and O–H groups in total. The first kappa shape index (κ1) is 25.0. The molecule has 1 unspecified atom stereocenters. The first-order chi connectivity index (χ1) is 16.9. The number of rotatable bonds is 8. The van der Waals surface area contributed by atoms with E-state index in [-0.39, 0.29) is 11.9 Å². The van der Waals surface area contributed by atoms with E-state index in [1.54, 1.807) is 19.2 Å². The van der Waals surface area contributed by atoms with Crippen molar-refractivity contribution in [3.8, 4) is 22.9 Å². The molecule has 0 spiro atoms. The van der Waals surface area contributed by atoms with Crippen molar-refractivity contribution in [1.29, 1.82) is 0 Å². The van der Waals surface area contributed by atoms with Gasteiger partial charge in [-0.05, 0) is 25.0 Å². The van der Waals surface area contributed by atoms with E-state index >= 15 is 0 Å². The van der Waals surface area contributed by atoms with Gasteiger partial charge in [0.1, 0.15) is 0 Å². The van der Waals surface area contributed by atoms with Crippen LogP contribution in [0, 0.1) is 5.92 Å².